The van der Waals surface area contributed by atoms with Crippen LogP contribution in [-0.2, 0) is 17.3 Å². The van der Waals surface area contributed by atoms with E-state index in [1.54, 1.807) is 0 Å². The quantitative estimate of drug-likeness (QED) is 0.667. The summed E-state index contributed by atoms with van der Waals surface area (Å²) in [5.41, 5.74) is 2.14. The van der Waals surface area contributed by atoms with E-state index in [9.17, 15) is 9.90 Å². The average molecular weight is 332 g/mol. The number of hydrogen-bond donors (Lipinski definition) is 1. The first-order chi connectivity index (χ1) is 10.6. The van der Waals surface area contributed by atoms with Gasteiger partial charge in [0.25, 0.3) is 0 Å². The molecule has 0 aliphatic heterocycles. The van der Waals surface area contributed by atoms with E-state index in [0.29, 0.717) is 11.0 Å². The third-order valence-corrected chi connectivity index (χ3v) is 9.77. The molecule has 0 fully saturated rings. The maximum Gasteiger partial charge on any atom is 0.339 e. The number of rotatable bonds is 2. The highest BCUT2D eigenvalue weighted by atomic mass is 28.4. The van der Waals surface area contributed by atoms with Crippen molar-refractivity contribution in [2.75, 3.05) is 0 Å². The molecule has 1 aromatic heterocycles. The summed E-state index contributed by atoms with van der Waals surface area (Å²) in [4.78, 5) is 11.6. The summed E-state index contributed by atoms with van der Waals surface area (Å²) in [5, 5.41) is 10.7. The molecule has 0 radical (unpaired) electrons. The number of aromatic hydroxyl groups is 1. The molecule has 1 atom stereocenters. The van der Waals surface area contributed by atoms with Gasteiger partial charge in [-0.1, -0.05) is 26.8 Å². The molecule has 1 aromatic carbocycles. The van der Waals surface area contributed by atoms with Crippen LogP contribution in [0.4, 0.5) is 0 Å². The fraction of sp³-hybridized carbons (Fsp3) is 0.500. The molecule has 3 rings (SSSR count). The van der Waals surface area contributed by atoms with E-state index in [0.717, 1.165) is 30.0 Å². The second-order valence-electron chi connectivity index (χ2n) is 7.94. The molecule has 1 N–H and O–H groups in total. The maximum atomic E-state index is 11.6. The Bertz CT molecular complexity index is 814. The van der Waals surface area contributed by atoms with Crippen LogP contribution in [0.1, 0.15) is 31.9 Å². The predicted molar refractivity (Wildman–Crippen MR) is 93.6 cm³/mol. The molecule has 23 heavy (non-hydrogen) atoms. The van der Waals surface area contributed by atoms with Crippen molar-refractivity contribution in [1.82, 2.24) is 0 Å². The lowest BCUT2D eigenvalue weighted by molar-refractivity contribution is 0.191. The predicted octanol–water partition coefficient (Wildman–Crippen LogP) is 3.99. The van der Waals surface area contributed by atoms with E-state index in [-0.39, 0.29) is 16.9 Å². The van der Waals surface area contributed by atoms with Crippen molar-refractivity contribution in [3.8, 4) is 5.75 Å². The van der Waals surface area contributed by atoms with Crippen LogP contribution in [0.25, 0.3) is 11.0 Å². The van der Waals surface area contributed by atoms with Gasteiger partial charge in [0.05, 0.1) is 17.6 Å². The monoisotopic (exact) mass is 332 g/mol. The molecule has 5 heteroatoms. The van der Waals surface area contributed by atoms with E-state index in [2.05, 4.69) is 33.9 Å². The maximum absolute atomic E-state index is 11.6. The molecular formula is C18H24O4Si. The molecule has 1 unspecified atom stereocenters. The molecule has 1 heterocycles. The normalized spacial score (nSPS) is 18.4. The first-order valence-electron chi connectivity index (χ1n) is 8.04. The molecule has 4 nitrogen and oxygen atoms in total. The molecule has 0 amide bonds. The third-order valence-electron chi connectivity index (χ3n) is 5.24. The summed E-state index contributed by atoms with van der Waals surface area (Å²) in [7, 11) is -1.84. The van der Waals surface area contributed by atoms with Gasteiger partial charge >= 0.3 is 5.63 Å². The van der Waals surface area contributed by atoms with Crippen LogP contribution in [0.5, 0.6) is 5.75 Å². The number of benzene rings is 1. The highest BCUT2D eigenvalue weighted by Crippen LogP contribution is 2.40. The van der Waals surface area contributed by atoms with Crippen LogP contribution in [0.3, 0.4) is 0 Å². The van der Waals surface area contributed by atoms with Gasteiger partial charge in [-0.2, -0.15) is 0 Å². The van der Waals surface area contributed by atoms with Gasteiger partial charge in [0.2, 0.25) is 0 Å². The van der Waals surface area contributed by atoms with Gasteiger partial charge in [-0.3, -0.25) is 0 Å². The summed E-state index contributed by atoms with van der Waals surface area (Å²) in [5.74, 6) is -0.0205. The van der Waals surface area contributed by atoms with Gasteiger partial charge in [-0.25, -0.2) is 4.79 Å². The van der Waals surface area contributed by atoms with Crippen molar-refractivity contribution in [3.63, 3.8) is 0 Å². The van der Waals surface area contributed by atoms with Gasteiger partial charge in [0.1, 0.15) is 11.3 Å². The van der Waals surface area contributed by atoms with Crippen LogP contribution < -0.4 is 5.63 Å². The lowest BCUT2D eigenvalue weighted by Gasteiger charge is -2.38. The molecule has 2 aromatic rings. The number of hydrogen-bond acceptors (Lipinski definition) is 4. The average Bonchev–Trinajstić information content (AvgIpc) is 2.79. The lowest BCUT2D eigenvalue weighted by atomic mass is 10.1. The second kappa shape index (κ2) is 5.21. The molecule has 0 saturated carbocycles. The van der Waals surface area contributed by atoms with Crippen molar-refractivity contribution in [2.45, 2.75) is 57.8 Å². The zero-order valence-corrected chi connectivity index (χ0v) is 15.4. The van der Waals surface area contributed by atoms with Gasteiger partial charge in [0, 0.05) is 12.0 Å². The van der Waals surface area contributed by atoms with Crippen molar-refractivity contribution in [3.05, 3.63) is 39.7 Å². The van der Waals surface area contributed by atoms with Gasteiger partial charge in [-0.05, 0) is 36.2 Å². The van der Waals surface area contributed by atoms with Crippen LogP contribution in [-0.4, -0.2) is 19.5 Å². The van der Waals surface area contributed by atoms with E-state index in [1.165, 1.54) is 0 Å². The minimum atomic E-state index is -1.84. The summed E-state index contributed by atoms with van der Waals surface area (Å²) < 4.78 is 11.9. The SMILES string of the molecule is CC(C)(C)[Si](C)(C)OC1Cc2ccc3c(O)cc(=O)oc3c2C1. The summed E-state index contributed by atoms with van der Waals surface area (Å²) in [6.07, 6.45) is 1.67. The van der Waals surface area contributed by atoms with Crippen LogP contribution in [0.2, 0.25) is 18.1 Å². The molecule has 1 aliphatic rings. The first kappa shape index (κ1) is 16.3. The Morgan fingerprint density at radius 3 is 2.61 bits per heavy atom. The Balaban J connectivity index is 1.96. The Labute approximate surface area is 137 Å². The second-order valence-corrected chi connectivity index (χ2v) is 12.7. The third kappa shape index (κ3) is 2.83. The van der Waals surface area contributed by atoms with Gasteiger partial charge in [-0.15, -0.1) is 0 Å². The van der Waals surface area contributed by atoms with Crippen molar-refractivity contribution in [2.24, 2.45) is 0 Å². The van der Waals surface area contributed by atoms with Crippen molar-refractivity contribution in [1.29, 1.82) is 0 Å². The van der Waals surface area contributed by atoms with E-state index >= 15 is 0 Å². The fourth-order valence-electron chi connectivity index (χ4n) is 2.94. The summed E-state index contributed by atoms with van der Waals surface area (Å²) >= 11 is 0. The topological polar surface area (TPSA) is 59.7 Å². The van der Waals surface area contributed by atoms with E-state index in [1.807, 2.05) is 12.1 Å². The largest absolute Gasteiger partial charge is 0.507 e. The molecule has 0 bridgehead atoms. The van der Waals surface area contributed by atoms with Crippen molar-refractivity contribution < 1.29 is 13.9 Å². The summed E-state index contributed by atoms with van der Waals surface area (Å²) in [6, 6.07) is 4.95. The number of fused-ring (bicyclic) bond motifs is 3. The zero-order valence-electron chi connectivity index (χ0n) is 14.4. The van der Waals surface area contributed by atoms with Crippen LogP contribution in [0, 0.1) is 0 Å². The molecule has 0 saturated heterocycles. The van der Waals surface area contributed by atoms with Crippen molar-refractivity contribution >= 4 is 19.3 Å². The minimum absolute atomic E-state index is 0.0205. The van der Waals surface area contributed by atoms with Crippen LogP contribution >= 0.6 is 0 Å². The van der Waals surface area contributed by atoms with E-state index < -0.39 is 13.9 Å². The van der Waals surface area contributed by atoms with Gasteiger partial charge < -0.3 is 13.9 Å². The highest BCUT2D eigenvalue weighted by Gasteiger charge is 2.40. The van der Waals surface area contributed by atoms with Crippen LogP contribution in [0.15, 0.2) is 27.4 Å². The molecular weight excluding hydrogens is 308 g/mol. The Morgan fingerprint density at radius 2 is 1.96 bits per heavy atom. The molecule has 0 spiro atoms. The summed E-state index contributed by atoms with van der Waals surface area (Å²) in [6.45, 7) is 11.2. The highest BCUT2D eigenvalue weighted by molar-refractivity contribution is 6.74. The minimum Gasteiger partial charge on any atom is -0.507 e. The Hall–Kier alpha value is -1.59. The fourth-order valence-corrected chi connectivity index (χ4v) is 4.30. The lowest BCUT2D eigenvalue weighted by Crippen LogP contribution is -2.44. The Kier molecular flexibility index (Phi) is 3.69. The Morgan fingerprint density at radius 1 is 1.26 bits per heavy atom. The molecule has 1 aliphatic carbocycles. The standard InChI is InChI=1S/C18H24O4Si/c1-18(2,3)23(4,5)22-12-8-11-6-7-13-15(19)10-16(20)21-17(13)14(11)9-12/h6-7,10,12,19H,8-9H2,1-5H3. The zero-order chi connectivity index (χ0) is 17.0. The van der Waals surface area contributed by atoms with E-state index in [4.69, 9.17) is 8.84 Å². The first-order valence-corrected chi connectivity index (χ1v) is 10.9. The van der Waals surface area contributed by atoms with Gasteiger partial charge in [0.15, 0.2) is 8.32 Å². The smallest absolute Gasteiger partial charge is 0.339 e. The molecule has 124 valence electrons.